The van der Waals surface area contributed by atoms with E-state index in [-0.39, 0.29) is 0 Å². The van der Waals surface area contributed by atoms with Gasteiger partial charge in [-0.1, -0.05) is 13.8 Å². The van der Waals surface area contributed by atoms with Crippen molar-refractivity contribution in [1.82, 2.24) is 5.32 Å². The van der Waals surface area contributed by atoms with E-state index in [1.54, 1.807) is 0 Å². The molecule has 0 aromatic carbocycles. The van der Waals surface area contributed by atoms with Crippen LogP contribution < -0.4 is 5.32 Å². The lowest BCUT2D eigenvalue weighted by atomic mass is 10.1. The predicted octanol–water partition coefficient (Wildman–Crippen LogP) is 3.61. The Morgan fingerprint density at radius 3 is 2.92 bits per heavy atom. The first-order valence-electron chi connectivity index (χ1n) is 4.69. The monoisotopic (exact) mass is 261 g/mol. The lowest BCUT2D eigenvalue weighted by Gasteiger charge is -2.10. The van der Waals surface area contributed by atoms with Crippen molar-refractivity contribution in [3.05, 3.63) is 20.8 Å². The van der Waals surface area contributed by atoms with Gasteiger partial charge in [0.1, 0.15) is 0 Å². The fourth-order valence-electron chi connectivity index (χ4n) is 1.28. The minimum absolute atomic E-state index is 0.661. The first-order chi connectivity index (χ1) is 6.25. The highest BCUT2D eigenvalue weighted by molar-refractivity contribution is 9.10. The van der Waals surface area contributed by atoms with E-state index in [4.69, 9.17) is 0 Å². The van der Waals surface area contributed by atoms with Gasteiger partial charge < -0.3 is 5.32 Å². The van der Waals surface area contributed by atoms with Gasteiger partial charge in [0.2, 0.25) is 0 Å². The molecule has 0 fully saturated rings. The van der Waals surface area contributed by atoms with E-state index in [1.807, 2.05) is 11.3 Å². The molecule has 1 nitrogen and oxygen atoms in total. The molecule has 0 aliphatic rings. The van der Waals surface area contributed by atoms with Crippen LogP contribution in [0.3, 0.4) is 0 Å². The van der Waals surface area contributed by atoms with Crippen molar-refractivity contribution >= 4 is 27.3 Å². The maximum absolute atomic E-state index is 3.57. The molecule has 1 aromatic rings. The van der Waals surface area contributed by atoms with Crippen LogP contribution in [-0.4, -0.2) is 13.1 Å². The minimum Gasteiger partial charge on any atom is -0.317 e. The van der Waals surface area contributed by atoms with E-state index in [0.29, 0.717) is 5.92 Å². The van der Waals surface area contributed by atoms with Crippen molar-refractivity contribution in [3.63, 3.8) is 0 Å². The Morgan fingerprint density at radius 2 is 2.38 bits per heavy atom. The number of rotatable bonds is 5. The summed E-state index contributed by atoms with van der Waals surface area (Å²) in [6, 6.07) is 2.13. The Morgan fingerprint density at radius 1 is 1.62 bits per heavy atom. The van der Waals surface area contributed by atoms with Gasteiger partial charge >= 0.3 is 0 Å². The molecule has 74 valence electrons. The van der Waals surface area contributed by atoms with Crippen LogP contribution in [0.15, 0.2) is 15.9 Å². The van der Waals surface area contributed by atoms with E-state index in [1.165, 1.54) is 15.8 Å². The summed E-state index contributed by atoms with van der Waals surface area (Å²) in [5.74, 6) is 0.661. The summed E-state index contributed by atoms with van der Waals surface area (Å²) >= 11 is 5.41. The van der Waals surface area contributed by atoms with Crippen LogP contribution in [0.5, 0.6) is 0 Å². The van der Waals surface area contributed by atoms with E-state index < -0.39 is 0 Å². The molecule has 0 aliphatic carbocycles. The quantitative estimate of drug-likeness (QED) is 0.799. The highest BCUT2D eigenvalue weighted by Crippen LogP contribution is 2.31. The number of nitrogens with one attached hydrogen (secondary N) is 1. The number of halogens is 1. The summed E-state index contributed by atoms with van der Waals surface area (Å²) in [5.41, 5.74) is 0. The zero-order valence-electron chi connectivity index (χ0n) is 8.14. The van der Waals surface area contributed by atoms with Gasteiger partial charge in [-0.15, -0.1) is 11.3 Å². The average molecular weight is 262 g/mol. The first kappa shape index (κ1) is 11.2. The average Bonchev–Trinajstić information content (AvgIpc) is 2.52. The van der Waals surface area contributed by atoms with Gasteiger partial charge in [-0.05, 0) is 52.8 Å². The third kappa shape index (κ3) is 3.41. The normalized spacial score (nSPS) is 13.2. The summed E-state index contributed by atoms with van der Waals surface area (Å²) in [4.78, 5) is 1.47. The van der Waals surface area contributed by atoms with E-state index in [0.717, 1.165) is 13.1 Å². The van der Waals surface area contributed by atoms with Crippen molar-refractivity contribution < 1.29 is 0 Å². The summed E-state index contributed by atoms with van der Waals surface area (Å²) in [5, 5.41) is 5.49. The fourth-order valence-corrected chi connectivity index (χ4v) is 3.14. The summed E-state index contributed by atoms with van der Waals surface area (Å²) in [6.07, 6.45) is 1.22. The Bertz CT molecular complexity index is 247. The third-order valence-corrected chi connectivity index (χ3v) is 4.20. The minimum atomic E-state index is 0.661. The number of hydrogen-bond acceptors (Lipinski definition) is 2. The third-order valence-electron chi connectivity index (χ3n) is 2.10. The molecule has 13 heavy (non-hydrogen) atoms. The molecule has 0 saturated carbocycles. The van der Waals surface area contributed by atoms with Gasteiger partial charge in [-0.25, -0.2) is 0 Å². The van der Waals surface area contributed by atoms with Crippen LogP contribution >= 0.6 is 27.3 Å². The van der Waals surface area contributed by atoms with Crippen LogP contribution in [0.25, 0.3) is 0 Å². The molecule has 0 radical (unpaired) electrons. The Labute approximate surface area is 92.7 Å². The first-order valence-corrected chi connectivity index (χ1v) is 6.36. The van der Waals surface area contributed by atoms with Crippen molar-refractivity contribution in [2.75, 3.05) is 13.1 Å². The highest BCUT2D eigenvalue weighted by atomic mass is 79.9. The van der Waals surface area contributed by atoms with Gasteiger partial charge in [0, 0.05) is 9.35 Å². The van der Waals surface area contributed by atoms with Gasteiger partial charge in [-0.3, -0.25) is 0 Å². The molecule has 1 rings (SSSR count). The maximum Gasteiger partial charge on any atom is 0.0317 e. The lowest BCUT2D eigenvalue weighted by molar-refractivity contribution is 0.613. The Hall–Kier alpha value is 0.140. The molecule has 1 N–H and O–H groups in total. The molecule has 0 aliphatic heterocycles. The fraction of sp³-hybridized carbons (Fsp3) is 0.600. The van der Waals surface area contributed by atoms with E-state index in [2.05, 4.69) is 46.5 Å². The Kier molecular flexibility index (Phi) is 4.99. The molecule has 1 atom stereocenters. The van der Waals surface area contributed by atoms with Crippen LogP contribution in [0.1, 0.15) is 31.1 Å². The van der Waals surface area contributed by atoms with Crippen LogP contribution in [0.2, 0.25) is 0 Å². The van der Waals surface area contributed by atoms with Crippen molar-refractivity contribution in [3.8, 4) is 0 Å². The topological polar surface area (TPSA) is 12.0 Å². The molecular weight excluding hydrogens is 246 g/mol. The van der Waals surface area contributed by atoms with Crippen LogP contribution in [0.4, 0.5) is 0 Å². The molecule has 0 saturated heterocycles. The highest BCUT2D eigenvalue weighted by Gasteiger charge is 2.09. The van der Waals surface area contributed by atoms with Crippen LogP contribution in [-0.2, 0) is 0 Å². The van der Waals surface area contributed by atoms with Crippen molar-refractivity contribution in [2.45, 2.75) is 26.2 Å². The number of hydrogen-bond donors (Lipinski definition) is 1. The van der Waals surface area contributed by atoms with Crippen LogP contribution in [0, 0.1) is 0 Å². The van der Waals surface area contributed by atoms with Gasteiger partial charge in [0.25, 0.3) is 0 Å². The summed E-state index contributed by atoms with van der Waals surface area (Å²) in [7, 11) is 0. The van der Waals surface area contributed by atoms with Crippen molar-refractivity contribution in [1.29, 1.82) is 0 Å². The summed E-state index contributed by atoms with van der Waals surface area (Å²) in [6.45, 7) is 6.61. The second kappa shape index (κ2) is 5.78. The van der Waals surface area contributed by atoms with Gasteiger partial charge in [-0.2, -0.15) is 0 Å². The maximum atomic E-state index is 3.57. The molecule has 3 heteroatoms. The predicted molar refractivity (Wildman–Crippen MR) is 63.6 cm³/mol. The SMILES string of the molecule is CCNCCC(C)c1sccc1Br. The van der Waals surface area contributed by atoms with E-state index >= 15 is 0 Å². The number of thiophene rings is 1. The molecule has 1 aromatic heterocycles. The molecule has 1 heterocycles. The second-order valence-electron chi connectivity index (χ2n) is 3.18. The molecule has 1 unspecified atom stereocenters. The zero-order chi connectivity index (χ0) is 9.68. The van der Waals surface area contributed by atoms with Gasteiger partial charge in [0.05, 0.1) is 0 Å². The smallest absolute Gasteiger partial charge is 0.0317 e. The summed E-state index contributed by atoms with van der Waals surface area (Å²) < 4.78 is 1.27. The Balaban J connectivity index is 2.39. The zero-order valence-corrected chi connectivity index (χ0v) is 10.5. The molecular formula is C10H16BrNS. The molecule has 0 bridgehead atoms. The standard InChI is InChI=1S/C10H16BrNS/c1-3-12-6-4-8(2)10-9(11)5-7-13-10/h5,7-8,12H,3-4,6H2,1-2H3. The largest absolute Gasteiger partial charge is 0.317 e. The molecule has 0 spiro atoms. The van der Waals surface area contributed by atoms with E-state index in [9.17, 15) is 0 Å². The second-order valence-corrected chi connectivity index (χ2v) is 4.98. The lowest BCUT2D eigenvalue weighted by Crippen LogP contribution is -2.15. The van der Waals surface area contributed by atoms with Crippen molar-refractivity contribution in [2.24, 2.45) is 0 Å². The van der Waals surface area contributed by atoms with Gasteiger partial charge in [0.15, 0.2) is 0 Å². The molecule has 0 amide bonds.